The standard InChI is InChI=1S/C17H18N2O2/c1-21-15-5-2-4-14(12-15)17(20)19-11-3-6-16(19)13-7-9-18-10-8-13/h2,4-5,7-10,12,16H,3,6,11H2,1H3. The van der Waals surface area contributed by atoms with Gasteiger partial charge in [-0.1, -0.05) is 6.07 Å². The lowest BCUT2D eigenvalue weighted by atomic mass is 10.1. The molecular weight excluding hydrogens is 264 g/mol. The van der Waals surface area contributed by atoms with E-state index in [9.17, 15) is 4.79 Å². The molecule has 0 spiro atoms. The molecular formula is C17H18N2O2. The van der Waals surface area contributed by atoms with Gasteiger partial charge in [0.1, 0.15) is 5.75 Å². The monoisotopic (exact) mass is 282 g/mol. The first kappa shape index (κ1) is 13.6. The highest BCUT2D eigenvalue weighted by Crippen LogP contribution is 2.33. The van der Waals surface area contributed by atoms with Gasteiger partial charge in [0.2, 0.25) is 0 Å². The van der Waals surface area contributed by atoms with Crippen LogP contribution in [0.25, 0.3) is 0 Å². The number of aromatic nitrogens is 1. The minimum Gasteiger partial charge on any atom is -0.497 e. The van der Waals surface area contributed by atoms with Crippen molar-refractivity contribution in [3.05, 3.63) is 59.9 Å². The molecule has 0 aliphatic carbocycles. The summed E-state index contributed by atoms with van der Waals surface area (Å²) in [6.07, 6.45) is 5.59. The van der Waals surface area contributed by atoms with E-state index in [1.54, 1.807) is 25.6 Å². The largest absolute Gasteiger partial charge is 0.497 e. The Bertz CT molecular complexity index is 628. The van der Waals surface area contributed by atoms with Gasteiger partial charge in [0.05, 0.1) is 13.2 Å². The van der Waals surface area contributed by atoms with Gasteiger partial charge in [-0.15, -0.1) is 0 Å². The highest BCUT2D eigenvalue weighted by molar-refractivity contribution is 5.95. The van der Waals surface area contributed by atoms with Gasteiger partial charge in [-0.25, -0.2) is 0 Å². The maximum absolute atomic E-state index is 12.8. The molecule has 0 N–H and O–H groups in total. The number of carbonyl (C=O) groups is 1. The van der Waals surface area contributed by atoms with Crippen LogP contribution in [0.4, 0.5) is 0 Å². The maximum Gasteiger partial charge on any atom is 0.254 e. The Morgan fingerprint density at radius 2 is 2.10 bits per heavy atom. The van der Waals surface area contributed by atoms with Crippen LogP contribution in [0.15, 0.2) is 48.8 Å². The van der Waals surface area contributed by atoms with Crippen LogP contribution in [-0.4, -0.2) is 29.4 Å². The van der Waals surface area contributed by atoms with Crippen molar-refractivity contribution >= 4 is 5.91 Å². The number of likely N-dealkylation sites (tertiary alicyclic amines) is 1. The summed E-state index contributed by atoms with van der Waals surface area (Å²) in [5.41, 5.74) is 1.83. The second kappa shape index (κ2) is 5.95. The Balaban J connectivity index is 1.86. The molecule has 1 aliphatic rings. The van der Waals surface area contributed by atoms with E-state index >= 15 is 0 Å². The topological polar surface area (TPSA) is 42.4 Å². The van der Waals surface area contributed by atoms with Gasteiger partial charge in [0.25, 0.3) is 5.91 Å². The van der Waals surface area contributed by atoms with E-state index in [4.69, 9.17) is 4.74 Å². The third-order valence-electron chi connectivity index (χ3n) is 3.92. The number of ether oxygens (including phenoxy) is 1. The van der Waals surface area contributed by atoms with Crippen molar-refractivity contribution in [2.75, 3.05) is 13.7 Å². The fourth-order valence-electron chi connectivity index (χ4n) is 2.86. The summed E-state index contributed by atoms with van der Waals surface area (Å²) in [7, 11) is 1.61. The van der Waals surface area contributed by atoms with E-state index in [0.717, 1.165) is 24.9 Å². The van der Waals surface area contributed by atoms with Gasteiger partial charge in [0.15, 0.2) is 0 Å². The van der Waals surface area contributed by atoms with Crippen LogP contribution < -0.4 is 4.74 Å². The fraction of sp³-hybridized carbons (Fsp3) is 0.294. The fourth-order valence-corrected chi connectivity index (χ4v) is 2.86. The number of nitrogens with zero attached hydrogens (tertiary/aromatic N) is 2. The van der Waals surface area contributed by atoms with E-state index in [-0.39, 0.29) is 11.9 Å². The minimum absolute atomic E-state index is 0.0632. The van der Waals surface area contributed by atoms with E-state index in [1.807, 2.05) is 35.2 Å². The van der Waals surface area contributed by atoms with Crippen LogP contribution in [-0.2, 0) is 0 Å². The number of carbonyl (C=O) groups excluding carboxylic acids is 1. The number of hydrogen-bond acceptors (Lipinski definition) is 3. The normalized spacial score (nSPS) is 17.8. The second-order valence-corrected chi connectivity index (χ2v) is 5.17. The summed E-state index contributed by atoms with van der Waals surface area (Å²) in [4.78, 5) is 18.7. The van der Waals surface area contributed by atoms with Crippen molar-refractivity contribution in [3.8, 4) is 5.75 Å². The lowest BCUT2D eigenvalue weighted by Gasteiger charge is -2.25. The van der Waals surface area contributed by atoms with E-state index in [1.165, 1.54) is 0 Å². The third-order valence-corrected chi connectivity index (χ3v) is 3.92. The van der Waals surface area contributed by atoms with E-state index in [0.29, 0.717) is 11.3 Å². The van der Waals surface area contributed by atoms with Gasteiger partial charge < -0.3 is 9.64 Å². The zero-order valence-electron chi connectivity index (χ0n) is 12.0. The first-order chi connectivity index (χ1) is 10.3. The van der Waals surface area contributed by atoms with Crippen molar-refractivity contribution in [3.63, 3.8) is 0 Å². The number of methoxy groups -OCH3 is 1. The lowest BCUT2D eigenvalue weighted by Crippen LogP contribution is -2.30. The predicted molar refractivity (Wildman–Crippen MR) is 80.2 cm³/mol. The molecule has 21 heavy (non-hydrogen) atoms. The first-order valence-electron chi connectivity index (χ1n) is 7.14. The summed E-state index contributed by atoms with van der Waals surface area (Å²) in [6.45, 7) is 0.795. The molecule has 1 saturated heterocycles. The van der Waals surface area contributed by atoms with Gasteiger partial charge in [-0.2, -0.15) is 0 Å². The number of benzene rings is 1. The Hall–Kier alpha value is -2.36. The molecule has 3 rings (SSSR count). The molecule has 1 unspecified atom stereocenters. The summed E-state index contributed by atoms with van der Waals surface area (Å²) in [6, 6.07) is 11.5. The number of rotatable bonds is 3. The molecule has 1 aromatic carbocycles. The van der Waals surface area contributed by atoms with Crippen LogP contribution in [0, 0.1) is 0 Å². The summed E-state index contributed by atoms with van der Waals surface area (Å²) in [5, 5.41) is 0. The minimum atomic E-state index is 0.0632. The molecule has 0 saturated carbocycles. The van der Waals surface area contributed by atoms with Crippen molar-refractivity contribution in [1.29, 1.82) is 0 Å². The molecule has 2 heterocycles. The van der Waals surface area contributed by atoms with Crippen LogP contribution in [0.3, 0.4) is 0 Å². The molecule has 2 aromatic rings. The molecule has 1 atom stereocenters. The molecule has 0 bridgehead atoms. The Kier molecular flexibility index (Phi) is 3.86. The molecule has 1 aromatic heterocycles. The summed E-state index contributed by atoms with van der Waals surface area (Å²) in [5.74, 6) is 0.772. The van der Waals surface area contributed by atoms with Gasteiger partial charge in [-0.05, 0) is 48.7 Å². The van der Waals surface area contributed by atoms with E-state index < -0.39 is 0 Å². The number of amides is 1. The predicted octanol–water partition coefficient (Wildman–Crippen LogP) is 3.07. The number of hydrogen-bond donors (Lipinski definition) is 0. The quantitative estimate of drug-likeness (QED) is 0.869. The molecule has 0 radical (unpaired) electrons. The second-order valence-electron chi connectivity index (χ2n) is 5.17. The van der Waals surface area contributed by atoms with Gasteiger partial charge in [0, 0.05) is 24.5 Å². The third kappa shape index (κ3) is 2.75. The summed E-state index contributed by atoms with van der Waals surface area (Å²) >= 11 is 0. The first-order valence-corrected chi connectivity index (χ1v) is 7.14. The SMILES string of the molecule is COc1cccc(C(=O)N2CCCC2c2ccncc2)c1. The van der Waals surface area contributed by atoms with E-state index in [2.05, 4.69) is 4.98 Å². The highest BCUT2D eigenvalue weighted by atomic mass is 16.5. The zero-order chi connectivity index (χ0) is 14.7. The Morgan fingerprint density at radius 3 is 2.86 bits per heavy atom. The molecule has 1 fully saturated rings. The molecule has 4 heteroatoms. The van der Waals surface area contributed by atoms with Gasteiger partial charge >= 0.3 is 0 Å². The molecule has 1 amide bonds. The highest BCUT2D eigenvalue weighted by Gasteiger charge is 2.30. The van der Waals surface area contributed by atoms with Crippen molar-refractivity contribution in [2.24, 2.45) is 0 Å². The Morgan fingerprint density at radius 1 is 1.29 bits per heavy atom. The summed E-state index contributed by atoms with van der Waals surface area (Å²) < 4.78 is 5.20. The average Bonchev–Trinajstić information content (AvgIpc) is 3.04. The van der Waals surface area contributed by atoms with Crippen molar-refractivity contribution in [2.45, 2.75) is 18.9 Å². The maximum atomic E-state index is 12.8. The Labute approximate surface area is 124 Å². The van der Waals surface area contributed by atoms with Crippen molar-refractivity contribution < 1.29 is 9.53 Å². The van der Waals surface area contributed by atoms with Crippen LogP contribution in [0.1, 0.15) is 34.8 Å². The smallest absolute Gasteiger partial charge is 0.254 e. The zero-order valence-corrected chi connectivity index (χ0v) is 12.0. The molecule has 1 aliphatic heterocycles. The van der Waals surface area contributed by atoms with Crippen LogP contribution in [0.2, 0.25) is 0 Å². The van der Waals surface area contributed by atoms with Crippen LogP contribution in [0.5, 0.6) is 5.75 Å². The number of pyridine rings is 1. The molecule has 108 valence electrons. The lowest BCUT2D eigenvalue weighted by molar-refractivity contribution is 0.0735. The van der Waals surface area contributed by atoms with Crippen LogP contribution >= 0.6 is 0 Å². The molecule has 4 nitrogen and oxygen atoms in total. The average molecular weight is 282 g/mol. The van der Waals surface area contributed by atoms with Gasteiger partial charge in [-0.3, -0.25) is 9.78 Å². The van der Waals surface area contributed by atoms with Crippen molar-refractivity contribution in [1.82, 2.24) is 9.88 Å².